The summed E-state index contributed by atoms with van der Waals surface area (Å²) in [5, 5.41) is 9.23. The summed E-state index contributed by atoms with van der Waals surface area (Å²) >= 11 is 0. The fraction of sp³-hybridized carbons (Fsp3) is 0.500. The highest BCUT2D eigenvalue weighted by molar-refractivity contribution is 5.76. The van der Waals surface area contributed by atoms with E-state index >= 15 is 0 Å². The van der Waals surface area contributed by atoms with E-state index in [-0.39, 0.29) is 13.4 Å². The van der Waals surface area contributed by atoms with Crippen LogP contribution in [0.5, 0.6) is 11.5 Å². The summed E-state index contributed by atoms with van der Waals surface area (Å²) in [5.74, 6) is 0.446. The maximum atomic E-state index is 11.2. The third kappa shape index (κ3) is 2.98. The number of fused-ring (bicyclic) bond motifs is 1. The molecule has 19 heavy (non-hydrogen) atoms. The molecule has 1 aromatic carbocycles. The van der Waals surface area contributed by atoms with E-state index in [2.05, 4.69) is 0 Å². The van der Waals surface area contributed by atoms with Crippen molar-refractivity contribution in [3.05, 3.63) is 23.8 Å². The third-order valence-electron chi connectivity index (χ3n) is 3.17. The molecule has 1 N–H and O–H groups in total. The molecule has 0 aliphatic carbocycles. The lowest BCUT2D eigenvalue weighted by Gasteiger charge is -2.24. The van der Waals surface area contributed by atoms with E-state index in [4.69, 9.17) is 14.2 Å². The largest absolute Gasteiger partial charge is 0.479 e. The first-order valence-electron chi connectivity index (χ1n) is 6.31. The number of carboxylic acids is 1. The summed E-state index contributed by atoms with van der Waals surface area (Å²) < 4.78 is 16.1. The second-order valence-electron chi connectivity index (χ2n) is 4.76. The molecule has 1 aromatic rings. The fourth-order valence-electron chi connectivity index (χ4n) is 1.99. The van der Waals surface area contributed by atoms with Gasteiger partial charge in [-0.2, -0.15) is 0 Å². The van der Waals surface area contributed by atoms with Gasteiger partial charge in [0.1, 0.15) is 0 Å². The van der Waals surface area contributed by atoms with Crippen LogP contribution < -0.4 is 9.47 Å². The molecule has 0 amide bonds. The molecule has 5 nitrogen and oxygen atoms in total. The van der Waals surface area contributed by atoms with Gasteiger partial charge in [-0.3, -0.25) is 0 Å². The van der Waals surface area contributed by atoms with Crippen molar-refractivity contribution >= 4 is 5.97 Å². The van der Waals surface area contributed by atoms with Crippen LogP contribution in [0.3, 0.4) is 0 Å². The summed E-state index contributed by atoms with van der Waals surface area (Å²) in [5.41, 5.74) is -0.279. The van der Waals surface area contributed by atoms with Crippen molar-refractivity contribution in [1.29, 1.82) is 0 Å². The zero-order chi connectivity index (χ0) is 13.9. The normalized spacial score (nSPS) is 16.1. The van der Waals surface area contributed by atoms with Gasteiger partial charge in [0.05, 0.1) is 6.61 Å². The molecule has 0 saturated carbocycles. The first kappa shape index (κ1) is 13.7. The Bertz CT molecular complexity index is 471. The highest BCUT2D eigenvalue weighted by Gasteiger charge is 2.33. The molecule has 1 atom stereocenters. The summed E-state index contributed by atoms with van der Waals surface area (Å²) in [7, 11) is 0. The number of ether oxygens (including phenoxy) is 3. The Morgan fingerprint density at radius 3 is 2.84 bits per heavy atom. The molecule has 1 aliphatic heterocycles. The van der Waals surface area contributed by atoms with Gasteiger partial charge in [0.25, 0.3) is 0 Å². The number of aliphatic carboxylic acids is 1. The molecule has 0 bridgehead atoms. The molecule has 1 unspecified atom stereocenters. The van der Waals surface area contributed by atoms with Crippen LogP contribution in [0.1, 0.15) is 32.3 Å². The maximum Gasteiger partial charge on any atom is 0.335 e. The van der Waals surface area contributed by atoms with Crippen molar-refractivity contribution in [2.45, 2.75) is 38.9 Å². The van der Waals surface area contributed by atoms with Crippen LogP contribution in [0.2, 0.25) is 0 Å². The molecule has 0 radical (unpaired) electrons. The molecular weight excluding hydrogens is 248 g/mol. The SMILES string of the molecule is CCCC(C)(OCc1ccc2c(c1)OCO2)C(=O)O. The topological polar surface area (TPSA) is 65.0 Å². The lowest BCUT2D eigenvalue weighted by molar-refractivity contribution is -0.166. The fourth-order valence-corrected chi connectivity index (χ4v) is 1.99. The van der Waals surface area contributed by atoms with Crippen molar-refractivity contribution in [2.75, 3.05) is 6.79 Å². The quantitative estimate of drug-likeness (QED) is 0.857. The summed E-state index contributed by atoms with van der Waals surface area (Å²) in [6, 6.07) is 5.47. The second kappa shape index (κ2) is 5.48. The van der Waals surface area contributed by atoms with Crippen LogP contribution >= 0.6 is 0 Å². The van der Waals surface area contributed by atoms with Gasteiger partial charge >= 0.3 is 5.97 Å². The first-order chi connectivity index (χ1) is 9.05. The predicted molar refractivity (Wildman–Crippen MR) is 68.3 cm³/mol. The summed E-state index contributed by atoms with van der Waals surface area (Å²) in [6.45, 7) is 4.00. The molecule has 2 rings (SSSR count). The number of hydrogen-bond acceptors (Lipinski definition) is 4. The Morgan fingerprint density at radius 2 is 2.16 bits per heavy atom. The van der Waals surface area contributed by atoms with Gasteiger partial charge in [0.15, 0.2) is 17.1 Å². The zero-order valence-electron chi connectivity index (χ0n) is 11.1. The van der Waals surface area contributed by atoms with Crippen LogP contribution in [0.25, 0.3) is 0 Å². The van der Waals surface area contributed by atoms with Crippen molar-refractivity contribution in [3.63, 3.8) is 0 Å². The van der Waals surface area contributed by atoms with Gasteiger partial charge in [-0.25, -0.2) is 4.79 Å². The van der Waals surface area contributed by atoms with Crippen LogP contribution in [0.4, 0.5) is 0 Å². The maximum absolute atomic E-state index is 11.2. The lowest BCUT2D eigenvalue weighted by Crippen LogP contribution is -2.38. The molecule has 5 heteroatoms. The van der Waals surface area contributed by atoms with Gasteiger partial charge in [-0.1, -0.05) is 19.4 Å². The van der Waals surface area contributed by atoms with Crippen LogP contribution in [-0.2, 0) is 16.1 Å². The number of carbonyl (C=O) groups is 1. The highest BCUT2D eigenvalue weighted by Crippen LogP contribution is 2.33. The molecule has 104 valence electrons. The van der Waals surface area contributed by atoms with Crippen LogP contribution in [0, 0.1) is 0 Å². The predicted octanol–water partition coefficient (Wildman–Crippen LogP) is 2.58. The Labute approximate surface area is 112 Å². The van der Waals surface area contributed by atoms with Crippen LogP contribution in [-0.4, -0.2) is 23.5 Å². The average molecular weight is 266 g/mol. The number of benzene rings is 1. The van der Waals surface area contributed by atoms with Gasteiger partial charge in [-0.15, -0.1) is 0 Å². The Kier molecular flexibility index (Phi) is 3.95. The third-order valence-corrected chi connectivity index (χ3v) is 3.17. The van der Waals surface area contributed by atoms with E-state index < -0.39 is 11.6 Å². The van der Waals surface area contributed by atoms with Crippen molar-refractivity contribution in [1.82, 2.24) is 0 Å². The van der Waals surface area contributed by atoms with E-state index in [0.717, 1.165) is 12.0 Å². The van der Waals surface area contributed by atoms with E-state index in [1.165, 1.54) is 0 Å². The van der Waals surface area contributed by atoms with Gasteiger partial charge in [0, 0.05) is 0 Å². The average Bonchev–Trinajstić information content (AvgIpc) is 2.84. The van der Waals surface area contributed by atoms with Crippen molar-refractivity contribution in [2.24, 2.45) is 0 Å². The lowest BCUT2D eigenvalue weighted by atomic mass is 10.0. The monoisotopic (exact) mass is 266 g/mol. The minimum Gasteiger partial charge on any atom is -0.479 e. The van der Waals surface area contributed by atoms with E-state index in [9.17, 15) is 9.90 Å². The molecular formula is C14H18O5. The molecule has 1 aliphatic rings. The molecule has 0 aromatic heterocycles. The molecule has 0 saturated heterocycles. The number of carboxylic acid groups (broad SMARTS) is 1. The minimum atomic E-state index is -1.15. The van der Waals surface area contributed by atoms with Gasteiger partial charge in [-0.05, 0) is 31.0 Å². The first-order valence-corrected chi connectivity index (χ1v) is 6.31. The Balaban J connectivity index is 2.03. The van der Waals surface area contributed by atoms with Crippen LogP contribution in [0.15, 0.2) is 18.2 Å². The Morgan fingerprint density at radius 1 is 1.42 bits per heavy atom. The smallest absolute Gasteiger partial charge is 0.335 e. The minimum absolute atomic E-state index is 0.225. The Hall–Kier alpha value is -1.75. The van der Waals surface area contributed by atoms with Crippen molar-refractivity contribution < 1.29 is 24.1 Å². The molecule has 1 heterocycles. The number of hydrogen-bond donors (Lipinski definition) is 1. The summed E-state index contributed by atoms with van der Waals surface area (Å²) in [6.07, 6.45) is 1.23. The second-order valence-corrected chi connectivity index (χ2v) is 4.76. The van der Waals surface area contributed by atoms with Crippen molar-refractivity contribution in [3.8, 4) is 11.5 Å². The van der Waals surface area contributed by atoms with E-state index in [1.807, 2.05) is 19.1 Å². The molecule has 0 fully saturated rings. The highest BCUT2D eigenvalue weighted by atomic mass is 16.7. The molecule has 0 spiro atoms. The van der Waals surface area contributed by atoms with E-state index in [0.29, 0.717) is 17.9 Å². The van der Waals surface area contributed by atoms with E-state index in [1.54, 1.807) is 13.0 Å². The zero-order valence-corrected chi connectivity index (χ0v) is 11.1. The van der Waals surface area contributed by atoms with Gasteiger partial charge < -0.3 is 19.3 Å². The summed E-state index contributed by atoms with van der Waals surface area (Å²) in [4.78, 5) is 11.2. The number of rotatable bonds is 6. The standard InChI is InChI=1S/C14H18O5/c1-3-6-14(2,13(15)16)19-8-10-4-5-11-12(7-10)18-9-17-11/h4-5,7H,3,6,8-9H2,1-2H3,(H,15,16). The van der Waals surface area contributed by atoms with Gasteiger partial charge in [0.2, 0.25) is 6.79 Å².